The summed E-state index contributed by atoms with van der Waals surface area (Å²) >= 11 is 0. The first-order valence-corrected chi connectivity index (χ1v) is 3.98. The lowest BCUT2D eigenvalue weighted by Crippen LogP contribution is -2.40. The van der Waals surface area contributed by atoms with E-state index in [2.05, 4.69) is 4.98 Å². The van der Waals surface area contributed by atoms with Gasteiger partial charge in [-0.1, -0.05) is 6.07 Å². The van der Waals surface area contributed by atoms with Gasteiger partial charge in [-0.2, -0.15) is 13.2 Å². The zero-order chi connectivity index (χ0) is 11.0. The number of halogens is 3. The fourth-order valence-electron chi connectivity index (χ4n) is 0.959. The van der Waals surface area contributed by atoms with Gasteiger partial charge in [-0.05, 0) is 26.0 Å². The fourth-order valence-corrected chi connectivity index (χ4v) is 0.959. The Labute approximate surface area is 79.4 Å². The lowest BCUT2D eigenvalue weighted by atomic mass is 10.0. The number of aryl methyl sites for hydroxylation is 1. The maximum Gasteiger partial charge on any atom is 0.422 e. The van der Waals surface area contributed by atoms with Crippen molar-refractivity contribution < 1.29 is 18.3 Å². The lowest BCUT2D eigenvalue weighted by molar-refractivity contribution is -0.260. The predicted octanol–water partition coefficient (Wildman–Crippen LogP) is 2.16. The molecule has 5 heteroatoms. The Morgan fingerprint density at radius 1 is 1.29 bits per heavy atom. The highest BCUT2D eigenvalue weighted by atomic mass is 19.4. The second kappa shape index (κ2) is 3.24. The molecule has 0 aliphatic carbocycles. The van der Waals surface area contributed by atoms with E-state index in [0.29, 0.717) is 12.6 Å². The summed E-state index contributed by atoms with van der Waals surface area (Å²) in [5.41, 5.74) is -2.84. The Balaban J connectivity index is 3.16. The van der Waals surface area contributed by atoms with Crippen molar-refractivity contribution in [2.24, 2.45) is 0 Å². The number of aromatic nitrogens is 1. The predicted molar refractivity (Wildman–Crippen MR) is 44.6 cm³/mol. The van der Waals surface area contributed by atoms with Crippen molar-refractivity contribution in [2.75, 3.05) is 0 Å². The third kappa shape index (κ3) is 1.87. The first-order valence-electron chi connectivity index (χ1n) is 3.98. The molecule has 0 saturated carbocycles. The second-order valence-electron chi connectivity index (χ2n) is 3.23. The SMILES string of the molecule is Cc1cccc(C(C)(O)C(F)(F)F)n1. The molecule has 2 nitrogen and oxygen atoms in total. The number of pyridine rings is 1. The normalized spacial score (nSPS) is 16.4. The van der Waals surface area contributed by atoms with Gasteiger partial charge in [0, 0.05) is 5.69 Å². The summed E-state index contributed by atoms with van der Waals surface area (Å²) in [6.07, 6.45) is -4.71. The molecule has 0 aromatic carbocycles. The molecular formula is C9H10F3NO. The molecule has 0 bridgehead atoms. The van der Waals surface area contributed by atoms with E-state index in [-0.39, 0.29) is 5.69 Å². The van der Waals surface area contributed by atoms with Crippen molar-refractivity contribution in [1.82, 2.24) is 4.98 Å². The Hall–Kier alpha value is -1.10. The van der Waals surface area contributed by atoms with Crippen LogP contribution in [0.2, 0.25) is 0 Å². The van der Waals surface area contributed by atoms with Crippen LogP contribution in [0.3, 0.4) is 0 Å². The molecule has 0 amide bonds. The van der Waals surface area contributed by atoms with Gasteiger partial charge in [0.05, 0.1) is 5.69 Å². The van der Waals surface area contributed by atoms with E-state index in [9.17, 15) is 18.3 Å². The molecule has 0 aliphatic rings. The second-order valence-corrected chi connectivity index (χ2v) is 3.23. The van der Waals surface area contributed by atoms with Crippen LogP contribution >= 0.6 is 0 Å². The fraction of sp³-hybridized carbons (Fsp3) is 0.444. The lowest BCUT2D eigenvalue weighted by Gasteiger charge is -2.25. The smallest absolute Gasteiger partial charge is 0.375 e. The van der Waals surface area contributed by atoms with Gasteiger partial charge >= 0.3 is 6.18 Å². The van der Waals surface area contributed by atoms with Crippen LogP contribution in [0.15, 0.2) is 18.2 Å². The Morgan fingerprint density at radius 2 is 1.86 bits per heavy atom. The summed E-state index contributed by atoms with van der Waals surface area (Å²) in [6.45, 7) is 2.25. The summed E-state index contributed by atoms with van der Waals surface area (Å²) in [6, 6.07) is 4.15. The first kappa shape index (κ1) is 11.0. The number of aliphatic hydroxyl groups is 1. The molecule has 14 heavy (non-hydrogen) atoms. The monoisotopic (exact) mass is 205 g/mol. The van der Waals surface area contributed by atoms with Crippen LogP contribution in [-0.4, -0.2) is 16.3 Å². The van der Waals surface area contributed by atoms with Crippen molar-refractivity contribution in [1.29, 1.82) is 0 Å². The minimum absolute atomic E-state index is 0.384. The number of nitrogens with zero attached hydrogens (tertiary/aromatic N) is 1. The van der Waals surface area contributed by atoms with E-state index < -0.39 is 11.8 Å². The Morgan fingerprint density at radius 3 is 2.29 bits per heavy atom. The van der Waals surface area contributed by atoms with Crippen LogP contribution in [0.1, 0.15) is 18.3 Å². The van der Waals surface area contributed by atoms with Gasteiger partial charge in [-0.15, -0.1) is 0 Å². The molecule has 0 aliphatic heterocycles. The van der Waals surface area contributed by atoms with Crippen molar-refractivity contribution in [3.05, 3.63) is 29.6 Å². The summed E-state index contributed by atoms with van der Waals surface area (Å²) < 4.78 is 37.1. The summed E-state index contributed by atoms with van der Waals surface area (Å²) in [4.78, 5) is 3.64. The molecule has 0 fully saturated rings. The van der Waals surface area contributed by atoms with Gasteiger partial charge < -0.3 is 5.11 Å². The van der Waals surface area contributed by atoms with Crippen LogP contribution in [0.4, 0.5) is 13.2 Å². The highest BCUT2D eigenvalue weighted by Crippen LogP contribution is 2.37. The average Bonchev–Trinajstić information content (AvgIpc) is 2.02. The van der Waals surface area contributed by atoms with Gasteiger partial charge in [0.15, 0.2) is 5.60 Å². The molecular weight excluding hydrogens is 195 g/mol. The first-order chi connectivity index (χ1) is 6.25. The number of alkyl halides is 3. The maximum absolute atomic E-state index is 12.4. The molecule has 1 aromatic heterocycles. The van der Waals surface area contributed by atoms with E-state index in [1.54, 1.807) is 13.0 Å². The highest BCUT2D eigenvalue weighted by molar-refractivity contribution is 5.17. The Kier molecular flexibility index (Phi) is 2.54. The number of hydrogen-bond donors (Lipinski definition) is 1. The zero-order valence-electron chi connectivity index (χ0n) is 7.76. The molecule has 1 aromatic rings. The largest absolute Gasteiger partial charge is 0.422 e. The topological polar surface area (TPSA) is 33.1 Å². The van der Waals surface area contributed by atoms with E-state index in [1.807, 2.05) is 0 Å². The molecule has 1 rings (SSSR count). The third-order valence-corrected chi connectivity index (χ3v) is 1.94. The van der Waals surface area contributed by atoms with Crippen LogP contribution < -0.4 is 0 Å². The minimum Gasteiger partial charge on any atom is -0.375 e. The van der Waals surface area contributed by atoms with Crippen molar-refractivity contribution >= 4 is 0 Å². The van der Waals surface area contributed by atoms with Crippen molar-refractivity contribution in [2.45, 2.75) is 25.6 Å². The van der Waals surface area contributed by atoms with Gasteiger partial charge in [-0.25, -0.2) is 0 Å². The van der Waals surface area contributed by atoms with E-state index in [1.165, 1.54) is 6.07 Å². The van der Waals surface area contributed by atoms with Crippen molar-refractivity contribution in [3.8, 4) is 0 Å². The van der Waals surface area contributed by atoms with Crippen LogP contribution in [0, 0.1) is 6.92 Å². The van der Waals surface area contributed by atoms with Crippen molar-refractivity contribution in [3.63, 3.8) is 0 Å². The van der Waals surface area contributed by atoms with Gasteiger partial charge in [0.2, 0.25) is 0 Å². The maximum atomic E-state index is 12.4. The van der Waals surface area contributed by atoms with Gasteiger partial charge in [-0.3, -0.25) is 4.98 Å². The van der Waals surface area contributed by atoms with Crippen LogP contribution in [-0.2, 0) is 5.60 Å². The van der Waals surface area contributed by atoms with Crippen LogP contribution in [0.25, 0.3) is 0 Å². The summed E-state index contributed by atoms with van der Waals surface area (Å²) in [5, 5.41) is 9.26. The molecule has 0 radical (unpaired) electrons. The van der Waals surface area contributed by atoms with Crippen LogP contribution in [0.5, 0.6) is 0 Å². The molecule has 78 valence electrons. The molecule has 1 N–H and O–H groups in total. The Bertz CT molecular complexity index is 333. The molecule has 1 unspecified atom stereocenters. The molecule has 0 spiro atoms. The minimum atomic E-state index is -4.71. The number of rotatable bonds is 1. The third-order valence-electron chi connectivity index (χ3n) is 1.94. The van der Waals surface area contributed by atoms with E-state index >= 15 is 0 Å². The van der Waals surface area contributed by atoms with Gasteiger partial charge in [0.1, 0.15) is 0 Å². The number of hydrogen-bond acceptors (Lipinski definition) is 2. The van der Waals surface area contributed by atoms with E-state index in [0.717, 1.165) is 6.07 Å². The molecule has 0 saturated heterocycles. The quantitative estimate of drug-likeness (QED) is 0.762. The molecule has 1 heterocycles. The average molecular weight is 205 g/mol. The standard InChI is InChI=1S/C9H10F3NO/c1-6-4-3-5-7(13-6)8(2,14)9(10,11)12/h3-5,14H,1-2H3. The van der Waals surface area contributed by atoms with E-state index in [4.69, 9.17) is 0 Å². The molecule has 1 atom stereocenters. The summed E-state index contributed by atoms with van der Waals surface area (Å²) in [7, 11) is 0. The van der Waals surface area contributed by atoms with Gasteiger partial charge in [0.25, 0.3) is 0 Å². The highest BCUT2D eigenvalue weighted by Gasteiger charge is 2.52. The summed E-state index contributed by atoms with van der Waals surface area (Å²) in [5.74, 6) is 0. The zero-order valence-corrected chi connectivity index (χ0v) is 7.76.